The van der Waals surface area contributed by atoms with Crippen molar-refractivity contribution in [3.05, 3.63) is 24.2 Å². The average Bonchev–Trinajstić information content (AvgIpc) is 3.35. The van der Waals surface area contributed by atoms with Gasteiger partial charge in [0.25, 0.3) is 0 Å². The molecule has 0 spiro atoms. The van der Waals surface area contributed by atoms with E-state index in [1.165, 1.54) is 0 Å². The van der Waals surface area contributed by atoms with Gasteiger partial charge in [0, 0.05) is 31.5 Å². The molecule has 0 aliphatic carbocycles. The Balaban J connectivity index is 1.36. The Bertz CT molecular complexity index is 570. The van der Waals surface area contributed by atoms with Crippen molar-refractivity contribution in [3.8, 4) is 0 Å². The zero-order valence-electron chi connectivity index (χ0n) is 15.0. The lowest BCUT2D eigenvalue weighted by atomic mass is 9.82. The summed E-state index contributed by atoms with van der Waals surface area (Å²) in [6, 6.07) is 3.45. The van der Waals surface area contributed by atoms with Crippen LogP contribution in [0.1, 0.15) is 38.5 Å². The molecule has 1 N–H and O–H groups in total. The topological polar surface area (TPSA) is 63.9 Å². The fraction of sp³-hybridized carbons (Fsp3) is 0.737. The van der Waals surface area contributed by atoms with Gasteiger partial charge < -0.3 is 24.1 Å². The lowest BCUT2D eigenvalue weighted by Crippen LogP contribution is -2.42. The van der Waals surface area contributed by atoms with Gasteiger partial charge in [-0.3, -0.25) is 0 Å². The monoisotopic (exact) mass is 348 g/mol. The Morgan fingerprint density at radius 3 is 2.60 bits per heavy atom. The highest BCUT2D eigenvalue weighted by atomic mass is 16.5. The van der Waals surface area contributed by atoms with Gasteiger partial charge in [0.05, 0.1) is 25.1 Å². The number of fused-ring (bicyclic) bond motifs is 5. The molecular formula is C19H28N2O4. The summed E-state index contributed by atoms with van der Waals surface area (Å²) < 4.78 is 17.2. The molecule has 0 radical (unpaired) electrons. The largest absolute Gasteiger partial charge is 0.467 e. The molecule has 5 atom stereocenters. The van der Waals surface area contributed by atoms with Crippen molar-refractivity contribution in [1.82, 2.24) is 10.2 Å². The summed E-state index contributed by atoms with van der Waals surface area (Å²) in [5.41, 5.74) is 0. The Morgan fingerprint density at radius 1 is 1.28 bits per heavy atom. The second-order valence-electron chi connectivity index (χ2n) is 7.97. The van der Waals surface area contributed by atoms with Gasteiger partial charge in [0.15, 0.2) is 0 Å². The maximum absolute atomic E-state index is 12.8. The molecule has 3 saturated heterocycles. The van der Waals surface area contributed by atoms with Crippen LogP contribution < -0.4 is 5.32 Å². The van der Waals surface area contributed by atoms with Crippen LogP contribution in [0.25, 0.3) is 0 Å². The van der Waals surface area contributed by atoms with E-state index in [1.54, 1.807) is 6.26 Å². The number of carbonyl (C=O) groups is 1. The van der Waals surface area contributed by atoms with Gasteiger partial charge in [-0.2, -0.15) is 0 Å². The SMILES string of the molecule is CC(C)COC[C@@H](NC(=O)N1C[C@@H]2[C@H](C1)[C@H]1CC[C@H]2O1)c1ccco1. The first kappa shape index (κ1) is 16.9. The van der Waals surface area contributed by atoms with E-state index in [0.29, 0.717) is 43.2 Å². The van der Waals surface area contributed by atoms with Crippen molar-refractivity contribution in [2.24, 2.45) is 17.8 Å². The summed E-state index contributed by atoms with van der Waals surface area (Å²) in [5, 5.41) is 3.10. The lowest BCUT2D eigenvalue weighted by molar-refractivity contribution is 0.0708. The zero-order chi connectivity index (χ0) is 17.4. The number of urea groups is 1. The van der Waals surface area contributed by atoms with Gasteiger partial charge in [-0.05, 0) is 30.9 Å². The summed E-state index contributed by atoms with van der Waals surface area (Å²) in [7, 11) is 0. The van der Waals surface area contributed by atoms with Crippen LogP contribution in [0.4, 0.5) is 4.79 Å². The summed E-state index contributed by atoms with van der Waals surface area (Å²) in [6.45, 7) is 6.92. The van der Waals surface area contributed by atoms with E-state index in [4.69, 9.17) is 13.9 Å². The first-order valence-corrected chi connectivity index (χ1v) is 9.44. The fourth-order valence-corrected chi connectivity index (χ4v) is 4.47. The van der Waals surface area contributed by atoms with E-state index in [2.05, 4.69) is 19.2 Å². The molecule has 0 unspecified atom stereocenters. The number of likely N-dealkylation sites (tertiary alicyclic amines) is 1. The summed E-state index contributed by atoms with van der Waals surface area (Å²) in [4.78, 5) is 14.7. The number of ether oxygens (including phenoxy) is 2. The second kappa shape index (κ2) is 7.00. The molecule has 2 bridgehead atoms. The van der Waals surface area contributed by atoms with Crippen LogP contribution in [0.3, 0.4) is 0 Å². The Labute approximate surface area is 148 Å². The number of hydrogen-bond acceptors (Lipinski definition) is 4. The van der Waals surface area contributed by atoms with Crippen LogP contribution in [0.2, 0.25) is 0 Å². The molecule has 1 aromatic heterocycles. The highest BCUT2D eigenvalue weighted by Crippen LogP contribution is 2.47. The number of furan rings is 1. The van der Waals surface area contributed by atoms with Gasteiger partial charge in [0.1, 0.15) is 11.8 Å². The van der Waals surface area contributed by atoms with Gasteiger partial charge in [-0.25, -0.2) is 4.79 Å². The molecular weight excluding hydrogens is 320 g/mol. The third-order valence-electron chi connectivity index (χ3n) is 5.66. The van der Waals surface area contributed by atoms with Crippen molar-refractivity contribution in [2.45, 2.75) is 44.9 Å². The van der Waals surface area contributed by atoms with Crippen LogP contribution in [0.15, 0.2) is 22.8 Å². The summed E-state index contributed by atoms with van der Waals surface area (Å²) in [5.74, 6) is 2.23. The van der Waals surface area contributed by atoms with Gasteiger partial charge >= 0.3 is 6.03 Å². The average molecular weight is 348 g/mol. The summed E-state index contributed by atoms with van der Waals surface area (Å²) in [6.07, 6.45) is 4.66. The van der Waals surface area contributed by atoms with Gasteiger partial charge in [-0.15, -0.1) is 0 Å². The Hall–Kier alpha value is -1.53. The second-order valence-corrected chi connectivity index (χ2v) is 7.97. The molecule has 25 heavy (non-hydrogen) atoms. The van der Waals surface area contributed by atoms with Gasteiger partial charge in [-0.1, -0.05) is 13.8 Å². The minimum absolute atomic E-state index is 0.0247. The lowest BCUT2D eigenvalue weighted by Gasteiger charge is -2.23. The molecule has 0 aromatic carbocycles. The molecule has 4 rings (SSSR count). The highest BCUT2D eigenvalue weighted by Gasteiger charge is 2.53. The number of hydrogen-bond donors (Lipinski definition) is 1. The van der Waals surface area contributed by atoms with Crippen molar-refractivity contribution >= 4 is 6.03 Å². The number of rotatable bonds is 6. The Morgan fingerprint density at radius 2 is 2.00 bits per heavy atom. The first-order chi connectivity index (χ1) is 12.1. The molecule has 0 saturated carbocycles. The van der Waals surface area contributed by atoms with Crippen LogP contribution in [0.5, 0.6) is 0 Å². The zero-order valence-corrected chi connectivity index (χ0v) is 15.0. The predicted molar refractivity (Wildman–Crippen MR) is 92.1 cm³/mol. The molecule has 3 aliphatic heterocycles. The standard InChI is InChI=1S/C19H28N2O4/c1-12(2)10-23-11-15(18-4-3-7-24-18)20-19(22)21-8-13-14(9-21)17-6-5-16(13)25-17/h3-4,7,12-17H,5-6,8-11H2,1-2H3,(H,20,22)/t13-,14+,15-,16-,17-/m1/s1. The van der Waals surface area contributed by atoms with E-state index in [1.807, 2.05) is 17.0 Å². The molecule has 138 valence electrons. The van der Waals surface area contributed by atoms with Crippen LogP contribution >= 0.6 is 0 Å². The van der Waals surface area contributed by atoms with Crippen LogP contribution in [-0.4, -0.2) is 49.4 Å². The molecule has 6 heteroatoms. The van der Waals surface area contributed by atoms with E-state index in [-0.39, 0.29) is 12.1 Å². The maximum atomic E-state index is 12.8. The molecule has 4 heterocycles. The number of nitrogens with one attached hydrogen (secondary N) is 1. The molecule has 3 aliphatic rings. The third kappa shape index (κ3) is 3.42. The number of carbonyl (C=O) groups excluding carboxylic acids is 1. The van der Waals surface area contributed by atoms with Crippen molar-refractivity contribution in [2.75, 3.05) is 26.3 Å². The number of amides is 2. The quantitative estimate of drug-likeness (QED) is 0.859. The predicted octanol–water partition coefficient (Wildman–Crippen LogP) is 2.81. The Kier molecular flexibility index (Phi) is 4.73. The molecule has 6 nitrogen and oxygen atoms in total. The maximum Gasteiger partial charge on any atom is 0.318 e. The molecule has 1 aromatic rings. The minimum Gasteiger partial charge on any atom is -0.467 e. The van der Waals surface area contributed by atoms with E-state index in [9.17, 15) is 4.79 Å². The van der Waals surface area contributed by atoms with Gasteiger partial charge in [0.2, 0.25) is 0 Å². The highest BCUT2D eigenvalue weighted by molar-refractivity contribution is 5.75. The third-order valence-corrected chi connectivity index (χ3v) is 5.66. The van der Waals surface area contributed by atoms with Crippen molar-refractivity contribution in [3.63, 3.8) is 0 Å². The van der Waals surface area contributed by atoms with E-state index in [0.717, 1.165) is 31.7 Å². The first-order valence-electron chi connectivity index (χ1n) is 9.44. The van der Waals surface area contributed by atoms with Crippen LogP contribution in [-0.2, 0) is 9.47 Å². The van der Waals surface area contributed by atoms with Crippen molar-refractivity contribution in [1.29, 1.82) is 0 Å². The summed E-state index contributed by atoms with van der Waals surface area (Å²) >= 11 is 0. The van der Waals surface area contributed by atoms with Crippen molar-refractivity contribution < 1.29 is 18.7 Å². The van der Waals surface area contributed by atoms with E-state index >= 15 is 0 Å². The van der Waals surface area contributed by atoms with Crippen LogP contribution in [0, 0.1) is 17.8 Å². The molecule has 3 fully saturated rings. The molecule has 2 amide bonds. The normalized spacial score (nSPS) is 31.6. The minimum atomic E-state index is -0.255. The smallest absolute Gasteiger partial charge is 0.318 e. The fourth-order valence-electron chi connectivity index (χ4n) is 4.47. The van der Waals surface area contributed by atoms with E-state index < -0.39 is 0 Å². The number of nitrogens with zero attached hydrogens (tertiary/aromatic N) is 1.